The first kappa shape index (κ1) is 19.3. The van der Waals surface area contributed by atoms with Gasteiger partial charge in [0.1, 0.15) is 5.75 Å². The molecule has 1 spiro atoms. The number of ether oxygens (including phenoxy) is 1. The minimum atomic E-state index is -0.752. The number of hydrogen-bond acceptors (Lipinski definition) is 4. The van der Waals surface area contributed by atoms with Crippen molar-refractivity contribution in [3.8, 4) is 5.75 Å². The van der Waals surface area contributed by atoms with E-state index in [1.165, 1.54) is 23.3 Å². The second-order valence-electron chi connectivity index (χ2n) is 7.67. The zero-order valence-electron chi connectivity index (χ0n) is 15.8. The first-order valence-electron chi connectivity index (χ1n) is 8.94. The van der Waals surface area contributed by atoms with E-state index in [2.05, 4.69) is 52.9 Å². The van der Waals surface area contributed by atoms with Crippen LogP contribution in [0.1, 0.15) is 36.1 Å². The number of nitro groups is 1. The lowest BCUT2D eigenvalue weighted by Crippen LogP contribution is -2.58. The van der Waals surface area contributed by atoms with E-state index in [0.29, 0.717) is 16.9 Å². The summed E-state index contributed by atoms with van der Waals surface area (Å²) in [6, 6.07) is 9.31. The van der Waals surface area contributed by atoms with Crippen LogP contribution < -0.4 is 9.64 Å². The normalized spacial score (nSPS) is 21.4. The van der Waals surface area contributed by atoms with Crippen LogP contribution in [0.4, 0.5) is 11.4 Å². The van der Waals surface area contributed by atoms with Gasteiger partial charge in [0.15, 0.2) is 0 Å². The fourth-order valence-electron chi connectivity index (χ4n) is 4.53. The molecule has 5 nitrogen and oxygen atoms in total. The molecule has 2 aromatic carbocycles. The predicted molar refractivity (Wildman–Crippen MR) is 116 cm³/mol. The van der Waals surface area contributed by atoms with Gasteiger partial charge >= 0.3 is 0 Å². The van der Waals surface area contributed by atoms with Crippen LogP contribution in [0.25, 0.3) is 6.08 Å². The van der Waals surface area contributed by atoms with Gasteiger partial charge in [-0.15, -0.1) is 11.6 Å². The summed E-state index contributed by atoms with van der Waals surface area (Å²) in [5.74, 6) is 0.744. The van der Waals surface area contributed by atoms with Crippen molar-refractivity contribution in [2.24, 2.45) is 0 Å². The van der Waals surface area contributed by atoms with Gasteiger partial charge in [-0.3, -0.25) is 10.1 Å². The molecule has 0 N–H and O–H groups in total. The summed E-state index contributed by atoms with van der Waals surface area (Å²) in [6.45, 7) is 4.34. The van der Waals surface area contributed by atoms with Gasteiger partial charge in [0.25, 0.3) is 5.69 Å². The lowest BCUT2D eigenvalue weighted by Gasteiger charge is -2.46. The second-order valence-corrected chi connectivity index (χ2v) is 8.50. The number of anilines is 1. The molecule has 4 rings (SSSR count). The molecule has 2 heterocycles. The molecule has 7 heteroatoms. The van der Waals surface area contributed by atoms with E-state index in [9.17, 15) is 10.1 Å². The third-order valence-electron chi connectivity index (χ3n) is 5.93. The minimum Gasteiger partial charge on any atom is -0.462 e. The third-order valence-corrected chi connectivity index (χ3v) is 6.83. The van der Waals surface area contributed by atoms with Crippen molar-refractivity contribution in [2.45, 2.75) is 36.2 Å². The Labute approximate surface area is 177 Å². The van der Waals surface area contributed by atoms with E-state index in [0.717, 1.165) is 11.0 Å². The fraction of sp³-hybridized carbons (Fsp3) is 0.333. The highest BCUT2D eigenvalue weighted by Gasteiger charge is 2.58. The van der Waals surface area contributed by atoms with Gasteiger partial charge in [-0.05, 0) is 43.2 Å². The Balaban J connectivity index is 1.91. The van der Waals surface area contributed by atoms with Gasteiger partial charge in [0.05, 0.1) is 16.2 Å². The van der Waals surface area contributed by atoms with Gasteiger partial charge in [-0.1, -0.05) is 28.1 Å². The standard InChI is InChI=1S/C21H20BrClN2O3/c1-20(2)18-14(11-22)5-4-6-17(18)24(3)21(20)8-7-13-9-16(25(26)27)10-15(12-23)19(13)28-21/h4-10H,11-12H2,1-3H3. The molecule has 0 aliphatic carbocycles. The van der Waals surface area contributed by atoms with Crippen molar-refractivity contribution in [2.75, 3.05) is 11.9 Å². The van der Waals surface area contributed by atoms with E-state index in [1.807, 2.05) is 19.2 Å². The van der Waals surface area contributed by atoms with Crippen LogP contribution in [-0.2, 0) is 16.6 Å². The van der Waals surface area contributed by atoms with E-state index >= 15 is 0 Å². The maximum Gasteiger partial charge on any atom is 0.270 e. The molecule has 0 radical (unpaired) electrons. The van der Waals surface area contributed by atoms with Crippen molar-refractivity contribution in [3.05, 3.63) is 68.8 Å². The molecular formula is C21H20BrClN2O3. The third kappa shape index (κ3) is 2.44. The lowest BCUT2D eigenvalue weighted by molar-refractivity contribution is -0.385. The topological polar surface area (TPSA) is 55.6 Å². The van der Waals surface area contributed by atoms with E-state index < -0.39 is 10.6 Å². The average Bonchev–Trinajstić information content (AvgIpc) is 2.85. The molecule has 0 saturated heterocycles. The largest absolute Gasteiger partial charge is 0.462 e. The van der Waals surface area contributed by atoms with Crippen LogP contribution in [0, 0.1) is 10.1 Å². The monoisotopic (exact) mass is 462 g/mol. The first-order valence-corrected chi connectivity index (χ1v) is 10.6. The van der Waals surface area contributed by atoms with E-state index in [4.69, 9.17) is 16.3 Å². The highest BCUT2D eigenvalue weighted by atomic mass is 79.9. The number of likely N-dealkylation sites (N-methyl/N-ethyl adjacent to an activating group) is 1. The van der Waals surface area contributed by atoms with Crippen LogP contribution in [0.15, 0.2) is 36.4 Å². The van der Waals surface area contributed by atoms with Crippen molar-refractivity contribution in [1.29, 1.82) is 0 Å². The zero-order chi connectivity index (χ0) is 20.3. The van der Waals surface area contributed by atoms with Gasteiger partial charge < -0.3 is 9.64 Å². The summed E-state index contributed by atoms with van der Waals surface area (Å²) in [6.07, 6.45) is 3.93. The number of nitrogens with zero attached hydrogens (tertiary/aromatic N) is 2. The summed E-state index contributed by atoms with van der Waals surface area (Å²) in [5, 5.41) is 12.0. The number of alkyl halides is 2. The molecule has 0 aromatic heterocycles. The van der Waals surface area contributed by atoms with Crippen LogP contribution in [-0.4, -0.2) is 17.7 Å². The molecule has 2 aliphatic rings. The van der Waals surface area contributed by atoms with Crippen molar-refractivity contribution < 1.29 is 9.66 Å². The summed E-state index contributed by atoms with van der Waals surface area (Å²) >= 11 is 9.74. The Kier molecular flexibility index (Phi) is 4.47. The average molecular weight is 464 g/mol. The molecule has 28 heavy (non-hydrogen) atoms. The predicted octanol–water partition coefficient (Wildman–Crippen LogP) is 5.76. The maximum atomic E-state index is 11.3. The van der Waals surface area contributed by atoms with Gasteiger partial charge in [-0.25, -0.2) is 0 Å². The Morgan fingerprint density at radius 1 is 1.29 bits per heavy atom. The molecule has 0 fully saturated rings. The Morgan fingerprint density at radius 3 is 2.68 bits per heavy atom. The quantitative estimate of drug-likeness (QED) is 0.330. The minimum absolute atomic E-state index is 0.0162. The van der Waals surface area contributed by atoms with Gasteiger partial charge in [-0.2, -0.15) is 0 Å². The van der Waals surface area contributed by atoms with E-state index in [-0.39, 0.29) is 17.0 Å². The van der Waals surface area contributed by atoms with Crippen molar-refractivity contribution in [3.63, 3.8) is 0 Å². The second kappa shape index (κ2) is 6.49. The molecule has 0 amide bonds. The molecule has 0 saturated carbocycles. The molecule has 1 unspecified atom stereocenters. The lowest BCUT2D eigenvalue weighted by atomic mass is 9.75. The number of rotatable bonds is 3. The Morgan fingerprint density at radius 2 is 2.04 bits per heavy atom. The molecule has 0 bridgehead atoms. The van der Waals surface area contributed by atoms with Crippen molar-refractivity contribution in [1.82, 2.24) is 0 Å². The summed E-state index contributed by atoms with van der Waals surface area (Å²) < 4.78 is 6.66. The molecule has 2 aliphatic heterocycles. The van der Waals surface area contributed by atoms with E-state index in [1.54, 1.807) is 0 Å². The number of nitro benzene ring substituents is 1. The van der Waals surface area contributed by atoms with Crippen LogP contribution in [0.5, 0.6) is 5.75 Å². The smallest absolute Gasteiger partial charge is 0.270 e. The molecule has 2 aromatic rings. The van der Waals surface area contributed by atoms with Crippen LogP contribution in [0.3, 0.4) is 0 Å². The summed E-state index contributed by atoms with van der Waals surface area (Å²) in [4.78, 5) is 13.0. The number of fused-ring (bicyclic) bond motifs is 2. The Hall–Kier alpha value is -2.05. The summed E-state index contributed by atoms with van der Waals surface area (Å²) in [5.41, 5.74) is 3.77. The van der Waals surface area contributed by atoms with Crippen LogP contribution >= 0.6 is 27.5 Å². The highest BCUT2D eigenvalue weighted by molar-refractivity contribution is 9.08. The molecule has 146 valence electrons. The van der Waals surface area contributed by atoms with Gasteiger partial charge in [0, 0.05) is 41.3 Å². The van der Waals surface area contributed by atoms with Crippen LogP contribution in [0.2, 0.25) is 0 Å². The maximum absolute atomic E-state index is 11.3. The number of halogens is 2. The SMILES string of the molecule is CN1c2cccc(CBr)c2C(C)(C)C12C=Cc1cc([N+](=O)[O-])cc(CCl)c1O2. The summed E-state index contributed by atoms with van der Waals surface area (Å²) in [7, 11) is 2.02. The fourth-order valence-corrected chi connectivity index (χ4v) is 5.20. The molecular weight excluding hydrogens is 444 g/mol. The number of non-ortho nitro benzene ring substituents is 1. The number of benzene rings is 2. The molecule has 1 atom stereocenters. The van der Waals surface area contributed by atoms with Gasteiger partial charge in [0.2, 0.25) is 5.72 Å². The highest BCUT2D eigenvalue weighted by Crippen LogP contribution is 2.56. The van der Waals surface area contributed by atoms with Crippen molar-refractivity contribution >= 4 is 45.0 Å². The first-order chi connectivity index (χ1) is 13.3. The Bertz CT molecular complexity index is 1020. The number of hydrogen-bond donors (Lipinski definition) is 0. The zero-order valence-corrected chi connectivity index (χ0v) is 18.2.